The van der Waals surface area contributed by atoms with Crippen LogP contribution in [0.15, 0.2) is 41.1 Å². The lowest BCUT2D eigenvalue weighted by Gasteiger charge is -2.04. The standard InChI is InChI=1S/C12H8BrN3O/c13-10-3-1-2-9(4-10)8-17-12-7-15-11(5-14)6-16-12/h1-4,6-7H,8H2. The number of ether oxygens (including phenoxy) is 1. The maximum Gasteiger partial charge on any atom is 0.232 e. The number of hydrogen-bond donors (Lipinski definition) is 0. The molecule has 0 saturated carbocycles. The fourth-order valence-electron chi connectivity index (χ4n) is 1.23. The predicted molar refractivity (Wildman–Crippen MR) is 65.2 cm³/mol. The van der Waals surface area contributed by atoms with E-state index >= 15 is 0 Å². The number of hydrogen-bond acceptors (Lipinski definition) is 4. The van der Waals surface area contributed by atoms with Crippen LogP contribution in [0, 0.1) is 11.3 Å². The summed E-state index contributed by atoms with van der Waals surface area (Å²) in [7, 11) is 0. The highest BCUT2D eigenvalue weighted by molar-refractivity contribution is 9.10. The first kappa shape index (κ1) is 11.6. The van der Waals surface area contributed by atoms with E-state index in [0.29, 0.717) is 12.5 Å². The Kier molecular flexibility index (Phi) is 3.68. The number of nitrogens with zero attached hydrogens (tertiary/aromatic N) is 3. The molecule has 0 saturated heterocycles. The van der Waals surface area contributed by atoms with E-state index in [2.05, 4.69) is 25.9 Å². The summed E-state index contributed by atoms with van der Waals surface area (Å²) < 4.78 is 6.45. The summed E-state index contributed by atoms with van der Waals surface area (Å²) in [5.74, 6) is 0.406. The Morgan fingerprint density at radius 2 is 2.18 bits per heavy atom. The van der Waals surface area contributed by atoms with E-state index in [1.54, 1.807) is 0 Å². The number of nitriles is 1. The Morgan fingerprint density at radius 1 is 1.29 bits per heavy atom. The van der Waals surface area contributed by atoms with Gasteiger partial charge in [-0.2, -0.15) is 5.26 Å². The molecule has 0 bridgehead atoms. The summed E-state index contributed by atoms with van der Waals surface area (Å²) in [6, 6.07) is 9.72. The number of aromatic nitrogens is 2. The van der Waals surface area contributed by atoms with Gasteiger partial charge in [-0.1, -0.05) is 28.1 Å². The molecule has 0 fully saturated rings. The Morgan fingerprint density at radius 3 is 2.82 bits per heavy atom. The van der Waals surface area contributed by atoms with Crippen molar-refractivity contribution in [2.75, 3.05) is 0 Å². The molecule has 4 nitrogen and oxygen atoms in total. The van der Waals surface area contributed by atoms with Gasteiger partial charge in [0.2, 0.25) is 5.88 Å². The molecule has 0 spiro atoms. The number of halogens is 1. The van der Waals surface area contributed by atoms with E-state index in [1.165, 1.54) is 12.4 Å². The molecule has 1 aromatic heterocycles. The van der Waals surface area contributed by atoms with Crippen molar-refractivity contribution < 1.29 is 4.74 Å². The van der Waals surface area contributed by atoms with Crippen molar-refractivity contribution in [3.63, 3.8) is 0 Å². The van der Waals surface area contributed by atoms with Gasteiger partial charge in [-0.05, 0) is 17.7 Å². The second-order valence-electron chi connectivity index (χ2n) is 3.27. The van der Waals surface area contributed by atoms with Crippen LogP contribution in [0.4, 0.5) is 0 Å². The maximum atomic E-state index is 8.57. The zero-order valence-electron chi connectivity index (χ0n) is 8.80. The highest BCUT2D eigenvalue weighted by Gasteiger charge is 1.99. The molecule has 1 aromatic carbocycles. The highest BCUT2D eigenvalue weighted by Crippen LogP contribution is 2.13. The average Bonchev–Trinajstić information content (AvgIpc) is 2.37. The van der Waals surface area contributed by atoms with Gasteiger partial charge in [-0.25, -0.2) is 9.97 Å². The molecule has 0 amide bonds. The zero-order chi connectivity index (χ0) is 12.1. The number of benzene rings is 1. The molecule has 0 unspecified atom stereocenters. The Bertz CT molecular complexity index is 548. The maximum absolute atomic E-state index is 8.57. The summed E-state index contributed by atoms with van der Waals surface area (Å²) in [4.78, 5) is 7.84. The normalized spacial score (nSPS) is 9.65. The first-order valence-electron chi connectivity index (χ1n) is 4.87. The fraction of sp³-hybridized carbons (Fsp3) is 0.0833. The summed E-state index contributed by atoms with van der Waals surface area (Å²) >= 11 is 3.39. The lowest BCUT2D eigenvalue weighted by molar-refractivity contribution is 0.292. The second-order valence-corrected chi connectivity index (χ2v) is 4.19. The molecule has 2 aromatic rings. The molecule has 5 heteroatoms. The molecule has 2 rings (SSSR count). The van der Waals surface area contributed by atoms with Crippen molar-refractivity contribution in [2.24, 2.45) is 0 Å². The van der Waals surface area contributed by atoms with Crippen LogP contribution < -0.4 is 4.74 Å². The summed E-state index contributed by atoms with van der Waals surface area (Å²) in [6.07, 6.45) is 2.83. The molecule has 0 aliphatic carbocycles. The SMILES string of the molecule is N#Cc1cnc(OCc2cccc(Br)c2)cn1. The van der Waals surface area contributed by atoms with E-state index in [-0.39, 0.29) is 5.69 Å². The molecular formula is C12H8BrN3O. The summed E-state index contributed by atoms with van der Waals surface area (Å²) in [6.45, 7) is 0.417. The van der Waals surface area contributed by atoms with Gasteiger partial charge in [0.05, 0.1) is 12.4 Å². The van der Waals surface area contributed by atoms with Crippen LogP contribution in [0.3, 0.4) is 0 Å². The molecular weight excluding hydrogens is 282 g/mol. The van der Waals surface area contributed by atoms with Crippen molar-refractivity contribution in [3.05, 3.63) is 52.4 Å². The first-order valence-corrected chi connectivity index (χ1v) is 5.66. The minimum atomic E-state index is 0.278. The van der Waals surface area contributed by atoms with Gasteiger partial charge in [-0.15, -0.1) is 0 Å². The van der Waals surface area contributed by atoms with Crippen LogP contribution in [0.1, 0.15) is 11.3 Å². The van der Waals surface area contributed by atoms with E-state index in [1.807, 2.05) is 30.3 Å². The van der Waals surface area contributed by atoms with Gasteiger partial charge < -0.3 is 4.74 Å². The fourth-order valence-corrected chi connectivity index (χ4v) is 1.68. The van der Waals surface area contributed by atoms with Gasteiger partial charge in [0.1, 0.15) is 12.7 Å². The van der Waals surface area contributed by atoms with E-state index < -0.39 is 0 Å². The molecule has 1 heterocycles. The molecule has 0 aliphatic heterocycles. The van der Waals surface area contributed by atoms with Gasteiger partial charge in [-0.3, -0.25) is 0 Å². The van der Waals surface area contributed by atoms with Crippen LogP contribution in [-0.4, -0.2) is 9.97 Å². The van der Waals surface area contributed by atoms with Crippen molar-refractivity contribution >= 4 is 15.9 Å². The number of rotatable bonds is 3. The van der Waals surface area contributed by atoms with Crippen LogP contribution in [0.25, 0.3) is 0 Å². The molecule has 84 valence electrons. The third-order valence-corrected chi connectivity index (χ3v) is 2.51. The second kappa shape index (κ2) is 5.41. The Hall–Kier alpha value is -1.93. The van der Waals surface area contributed by atoms with E-state index in [9.17, 15) is 0 Å². The lowest BCUT2D eigenvalue weighted by Crippen LogP contribution is -1.98. The molecule has 17 heavy (non-hydrogen) atoms. The lowest BCUT2D eigenvalue weighted by atomic mass is 10.2. The Balaban J connectivity index is 2.00. The smallest absolute Gasteiger partial charge is 0.232 e. The minimum absolute atomic E-state index is 0.278. The van der Waals surface area contributed by atoms with Crippen molar-refractivity contribution in [1.82, 2.24) is 9.97 Å². The summed E-state index contributed by atoms with van der Waals surface area (Å²) in [5.41, 5.74) is 1.31. The van der Waals surface area contributed by atoms with Crippen molar-refractivity contribution in [1.29, 1.82) is 5.26 Å². The molecule has 0 aliphatic rings. The minimum Gasteiger partial charge on any atom is -0.472 e. The van der Waals surface area contributed by atoms with Crippen molar-refractivity contribution in [2.45, 2.75) is 6.61 Å². The van der Waals surface area contributed by atoms with Gasteiger partial charge in [0, 0.05) is 4.47 Å². The molecule has 0 atom stereocenters. The van der Waals surface area contributed by atoms with Crippen LogP contribution >= 0.6 is 15.9 Å². The van der Waals surface area contributed by atoms with Crippen LogP contribution in [-0.2, 0) is 6.61 Å². The van der Waals surface area contributed by atoms with E-state index in [4.69, 9.17) is 10.00 Å². The largest absolute Gasteiger partial charge is 0.472 e. The molecule has 0 N–H and O–H groups in total. The van der Waals surface area contributed by atoms with Crippen LogP contribution in [0.5, 0.6) is 5.88 Å². The van der Waals surface area contributed by atoms with Crippen LogP contribution in [0.2, 0.25) is 0 Å². The van der Waals surface area contributed by atoms with Gasteiger partial charge in [0.15, 0.2) is 5.69 Å². The topological polar surface area (TPSA) is 58.8 Å². The highest BCUT2D eigenvalue weighted by atomic mass is 79.9. The third kappa shape index (κ3) is 3.26. The monoisotopic (exact) mass is 289 g/mol. The third-order valence-electron chi connectivity index (χ3n) is 2.02. The molecule has 0 radical (unpaired) electrons. The van der Waals surface area contributed by atoms with Gasteiger partial charge in [0.25, 0.3) is 0 Å². The quantitative estimate of drug-likeness (QED) is 0.872. The van der Waals surface area contributed by atoms with Crippen molar-refractivity contribution in [3.8, 4) is 11.9 Å². The zero-order valence-corrected chi connectivity index (χ0v) is 10.4. The first-order chi connectivity index (χ1) is 8.28. The average molecular weight is 290 g/mol. The predicted octanol–water partition coefficient (Wildman–Crippen LogP) is 2.69. The summed E-state index contributed by atoms with van der Waals surface area (Å²) in [5, 5.41) is 8.57. The van der Waals surface area contributed by atoms with Gasteiger partial charge >= 0.3 is 0 Å². The Labute approximate surface area is 107 Å². The van der Waals surface area contributed by atoms with E-state index in [0.717, 1.165) is 10.0 Å².